The van der Waals surface area contributed by atoms with E-state index in [1.54, 1.807) is 52.0 Å². The number of nitrogens with one attached hydrogen (secondary N) is 3. The van der Waals surface area contributed by atoms with Gasteiger partial charge in [0.2, 0.25) is 17.7 Å². The van der Waals surface area contributed by atoms with E-state index in [0.29, 0.717) is 66.3 Å². The summed E-state index contributed by atoms with van der Waals surface area (Å²) in [6.07, 6.45) is 5.25. The number of carbonyl (C=O) groups is 4. The number of amides is 4. The number of aromatic nitrogens is 1. The second-order valence-corrected chi connectivity index (χ2v) is 17.6. The highest BCUT2D eigenvalue weighted by Gasteiger charge is 2.62. The van der Waals surface area contributed by atoms with Gasteiger partial charge >= 0.3 is 16.4 Å². The molecule has 1 aliphatic heterocycles. The summed E-state index contributed by atoms with van der Waals surface area (Å²) in [6, 6.07) is 4.64. The van der Waals surface area contributed by atoms with Gasteiger partial charge in [-0.25, -0.2) is 18.7 Å². The summed E-state index contributed by atoms with van der Waals surface area (Å²) in [5.74, 6) is -1.75. The smallest absolute Gasteiger partial charge is 0.408 e. The first-order valence-corrected chi connectivity index (χ1v) is 20.9. The van der Waals surface area contributed by atoms with E-state index in [-0.39, 0.29) is 25.5 Å². The van der Waals surface area contributed by atoms with Crippen molar-refractivity contribution in [3.05, 3.63) is 29.3 Å². The number of halogens is 1. The molecule has 1 saturated heterocycles. The monoisotopic (exact) mass is 807 g/mol. The molecule has 4 amide bonds. The molecule has 2 aliphatic carbocycles. The Bertz CT molecular complexity index is 1870. The van der Waals surface area contributed by atoms with E-state index in [4.69, 9.17) is 30.0 Å². The molecule has 3 N–H and O–H groups in total. The van der Waals surface area contributed by atoms with E-state index < -0.39 is 62.9 Å². The predicted octanol–water partition coefficient (Wildman–Crippen LogP) is 5.33. The van der Waals surface area contributed by atoms with Crippen LogP contribution in [0.25, 0.3) is 10.9 Å². The number of rotatable bonds is 11. The molecule has 55 heavy (non-hydrogen) atoms. The molecular weight excluding hydrogens is 754 g/mol. The first-order chi connectivity index (χ1) is 25.9. The molecule has 2 saturated carbocycles. The van der Waals surface area contributed by atoms with Crippen molar-refractivity contribution in [2.45, 2.75) is 135 Å². The standard InChI is InChI=1S/C38H54ClN5O10S/c1-7-51-30-22-29(26-15-13-16-27(39)31(26)41-30)52-21-20-44-24(2)32(45)42-38(34(47)43-55(49,50)54-37(6)18-19-37)23-25(38)14-11-9-8-10-12-17-28(33(44)46)40-35(48)53-36(3,4)5/h13,15-16,22,24-25,28H,7-12,14,17-21,23H2,1-6H3,(H,40,48)(H,42,45)(H,43,47)/t24-,25-,28-,38+/m0/s1. The van der Waals surface area contributed by atoms with Crippen LogP contribution in [0.3, 0.4) is 0 Å². The lowest BCUT2D eigenvalue weighted by molar-refractivity contribution is -0.143. The molecule has 15 nitrogen and oxygen atoms in total. The van der Waals surface area contributed by atoms with Crippen molar-refractivity contribution in [1.29, 1.82) is 0 Å². The average molecular weight is 808 g/mol. The van der Waals surface area contributed by atoms with Gasteiger partial charge in [0, 0.05) is 11.5 Å². The van der Waals surface area contributed by atoms with E-state index >= 15 is 0 Å². The van der Waals surface area contributed by atoms with Crippen molar-refractivity contribution < 1.29 is 46.0 Å². The number of hydrogen-bond acceptors (Lipinski definition) is 11. The normalized spacial score (nSPS) is 24.7. The number of nitrogens with zero attached hydrogens (tertiary/aromatic N) is 2. The van der Waals surface area contributed by atoms with Crippen LogP contribution < -0.4 is 24.8 Å². The number of ether oxygens (including phenoxy) is 3. The molecule has 304 valence electrons. The minimum atomic E-state index is -4.45. The zero-order valence-electron chi connectivity index (χ0n) is 32.5. The fourth-order valence-corrected chi connectivity index (χ4v) is 8.17. The Morgan fingerprint density at radius 2 is 1.76 bits per heavy atom. The Morgan fingerprint density at radius 1 is 1.07 bits per heavy atom. The van der Waals surface area contributed by atoms with Gasteiger partial charge in [0.1, 0.15) is 35.6 Å². The number of hydrogen-bond donors (Lipinski definition) is 3. The van der Waals surface area contributed by atoms with Gasteiger partial charge in [0.05, 0.1) is 29.3 Å². The summed E-state index contributed by atoms with van der Waals surface area (Å²) in [6.45, 7) is 10.3. The Morgan fingerprint density at radius 3 is 2.44 bits per heavy atom. The Labute approximate surface area is 328 Å². The van der Waals surface area contributed by atoms with Crippen LogP contribution in [0.1, 0.15) is 106 Å². The molecule has 3 aliphatic rings. The summed E-state index contributed by atoms with van der Waals surface area (Å²) < 4.78 is 50.3. The van der Waals surface area contributed by atoms with Crippen LogP contribution in [0.15, 0.2) is 24.3 Å². The quantitative estimate of drug-likeness (QED) is 0.266. The zero-order chi connectivity index (χ0) is 40.2. The van der Waals surface area contributed by atoms with Crippen LogP contribution in [0.4, 0.5) is 4.79 Å². The zero-order valence-corrected chi connectivity index (χ0v) is 34.1. The van der Waals surface area contributed by atoms with Gasteiger partial charge in [0.25, 0.3) is 5.91 Å². The number of carbonyl (C=O) groups excluding carboxylic acids is 4. The fraction of sp³-hybridized carbons (Fsp3) is 0.658. The van der Waals surface area contributed by atoms with E-state index in [9.17, 15) is 27.6 Å². The molecule has 17 heteroatoms. The Kier molecular flexibility index (Phi) is 13.1. The van der Waals surface area contributed by atoms with Crippen molar-refractivity contribution >= 4 is 56.6 Å². The van der Waals surface area contributed by atoms with Crippen molar-refractivity contribution in [3.8, 4) is 11.6 Å². The number of para-hydroxylation sites is 1. The van der Waals surface area contributed by atoms with Crippen molar-refractivity contribution in [1.82, 2.24) is 25.2 Å². The second kappa shape index (κ2) is 17.1. The Hall–Kier alpha value is -3.89. The van der Waals surface area contributed by atoms with E-state index in [0.717, 1.165) is 25.7 Å². The molecule has 3 fully saturated rings. The summed E-state index contributed by atoms with van der Waals surface area (Å²) in [5.41, 5.74) is -2.74. The van der Waals surface area contributed by atoms with Crippen molar-refractivity contribution in [2.24, 2.45) is 5.92 Å². The third kappa shape index (κ3) is 11.1. The number of fused-ring (bicyclic) bond motifs is 2. The highest BCUT2D eigenvalue weighted by Crippen LogP contribution is 2.48. The number of alkyl carbamates (subject to hydrolysis) is 1. The van der Waals surface area contributed by atoms with Gasteiger partial charge in [-0.05, 0) is 91.7 Å². The second-order valence-electron chi connectivity index (χ2n) is 15.9. The minimum absolute atomic E-state index is 0.0949. The van der Waals surface area contributed by atoms with Gasteiger partial charge in [-0.1, -0.05) is 49.8 Å². The topological polar surface area (TPSA) is 192 Å². The molecule has 0 bridgehead atoms. The largest absolute Gasteiger partial charge is 0.491 e. The van der Waals surface area contributed by atoms with Crippen molar-refractivity contribution in [3.63, 3.8) is 0 Å². The summed E-state index contributed by atoms with van der Waals surface area (Å²) in [4.78, 5) is 61.2. The summed E-state index contributed by atoms with van der Waals surface area (Å²) in [5, 5.41) is 6.55. The van der Waals surface area contributed by atoms with E-state index in [2.05, 4.69) is 15.6 Å². The lowest BCUT2D eigenvalue weighted by Crippen LogP contribution is -2.60. The van der Waals surface area contributed by atoms with Crippen LogP contribution in [0.5, 0.6) is 11.6 Å². The molecule has 5 rings (SSSR count). The number of benzene rings is 1. The predicted molar refractivity (Wildman–Crippen MR) is 205 cm³/mol. The lowest BCUT2D eigenvalue weighted by atomic mass is 10.0. The molecule has 0 unspecified atom stereocenters. The van der Waals surface area contributed by atoms with Crippen LogP contribution in [-0.4, -0.2) is 90.7 Å². The van der Waals surface area contributed by atoms with E-state index in [1.165, 1.54) is 11.8 Å². The van der Waals surface area contributed by atoms with Crippen LogP contribution in [0, 0.1) is 5.92 Å². The molecule has 2 aromatic rings. The molecule has 1 aromatic heterocycles. The SMILES string of the molecule is CCOc1cc(OCCN2C(=O)[C@@H](NC(=O)OC(C)(C)C)CCCCCCC[C@H]3C[C@@]3(C(=O)NS(=O)(=O)OC3(C)CC3)NC(=O)[C@@H]2C)c2cccc(Cl)c2n1. The first kappa shape index (κ1) is 42.3. The minimum Gasteiger partial charge on any atom is -0.491 e. The third-order valence-electron chi connectivity index (χ3n) is 10.1. The first-order valence-electron chi connectivity index (χ1n) is 19.1. The lowest BCUT2D eigenvalue weighted by Gasteiger charge is -2.33. The van der Waals surface area contributed by atoms with Gasteiger partial charge in [-0.15, -0.1) is 0 Å². The average Bonchev–Trinajstić information content (AvgIpc) is 4.00. The number of pyridine rings is 1. The van der Waals surface area contributed by atoms with Gasteiger partial charge in [0.15, 0.2) is 0 Å². The molecule has 1 aromatic carbocycles. The molecule has 0 radical (unpaired) electrons. The van der Waals surface area contributed by atoms with Gasteiger partial charge < -0.3 is 29.7 Å². The van der Waals surface area contributed by atoms with Gasteiger partial charge in [-0.3, -0.25) is 14.4 Å². The summed E-state index contributed by atoms with van der Waals surface area (Å²) in [7, 11) is -4.45. The maximum absolute atomic E-state index is 14.5. The van der Waals surface area contributed by atoms with E-state index in [1.807, 2.05) is 11.6 Å². The fourth-order valence-electron chi connectivity index (χ4n) is 6.81. The molecule has 2 heterocycles. The van der Waals surface area contributed by atoms with Gasteiger partial charge in [-0.2, -0.15) is 8.42 Å². The molecule has 4 atom stereocenters. The summed E-state index contributed by atoms with van der Waals surface area (Å²) >= 11 is 6.46. The van der Waals surface area contributed by atoms with Crippen LogP contribution >= 0.6 is 11.6 Å². The maximum atomic E-state index is 14.5. The maximum Gasteiger partial charge on any atom is 0.408 e. The highest BCUT2D eigenvalue weighted by atomic mass is 35.5. The third-order valence-corrected chi connectivity index (χ3v) is 11.5. The molecular formula is C38H54ClN5O10S. The van der Waals surface area contributed by atoms with Crippen molar-refractivity contribution in [2.75, 3.05) is 19.8 Å². The van der Waals surface area contributed by atoms with Crippen LogP contribution in [-0.2, 0) is 33.6 Å². The Balaban J connectivity index is 1.43. The highest BCUT2D eigenvalue weighted by molar-refractivity contribution is 7.85. The molecule has 0 spiro atoms. The van der Waals surface area contributed by atoms with Crippen LogP contribution in [0.2, 0.25) is 5.02 Å².